The lowest BCUT2D eigenvalue weighted by molar-refractivity contribution is -0.111. The van der Waals surface area contributed by atoms with Crippen molar-refractivity contribution in [3.05, 3.63) is 83.1 Å². The summed E-state index contributed by atoms with van der Waals surface area (Å²) in [7, 11) is 0. The van der Waals surface area contributed by atoms with E-state index < -0.39 is 0 Å². The molecule has 2 heterocycles. The van der Waals surface area contributed by atoms with E-state index in [2.05, 4.69) is 46.7 Å². The van der Waals surface area contributed by atoms with Crippen LogP contribution < -0.4 is 10.1 Å². The number of ether oxygens (including phenoxy) is 1. The van der Waals surface area contributed by atoms with Crippen molar-refractivity contribution in [3.8, 4) is 16.9 Å². The van der Waals surface area contributed by atoms with Gasteiger partial charge in [0.1, 0.15) is 11.3 Å². The number of thiazole rings is 1. The molecule has 3 aromatic carbocycles. The molecule has 0 bridgehead atoms. The molecule has 1 N–H and O–H groups in total. The van der Waals surface area contributed by atoms with Crippen LogP contribution in [0.3, 0.4) is 0 Å². The third kappa shape index (κ3) is 4.45. The molecule has 5 aromatic rings. The minimum absolute atomic E-state index is 0.223. The molecule has 0 spiro atoms. The van der Waals surface area contributed by atoms with Crippen molar-refractivity contribution in [1.82, 2.24) is 4.98 Å². The topological polar surface area (TPSA) is 64.4 Å². The summed E-state index contributed by atoms with van der Waals surface area (Å²) in [6.45, 7) is 8.28. The lowest BCUT2D eigenvalue weighted by atomic mass is 9.95. The first kappa shape index (κ1) is 22.9. The van der Waals surface area contributed by atoms with E-state index in [0.29, 0.717) is 11.7 Å². The van der Waals surface area contributed by atoms with Crippen LogP contribution in [0, 0.1) is 13.8 Å². The molecule has 0 aliphatic heterocycles. The summed E-state index contributed by atoms with van der Waals surface area (Å²) in [6.07, 6.45) is 3.40. The highest BCUT2D eigenvalue weighted by Crippen LogP contribution is 2.41. The summed E-state index contributed by atoms with van der Waals surface area (Å²) in [5.41, 5.74) is 6.34. The van der Waals surface area contributed by atoms with Crippen LogP contribution in [0.25, 0.3) is 38.4 Å². The molecule has 0 radical (unpaired) electrons. The molecule has 0 saturated carbocycles. The molecule has 2 aromatic heterocycles. The molecule has 5 rings (SSSR count). The van der Waals surface area contributed by atoms with Crippen molar-refractivity contribution in [2.75, 3.05) is 11.9 Å². The van der Waals surface area contributed by atoms with Gasteiger partial charge in [0.05, 0.1) is 18.6 Å². The number of aryl methyl sites for hydroxylation is 2. The molecule has 0 atom stereocenters. The van der Waals surface area contributed by atoms with E-state index in [1.54, 1.807) is 12.3 Å². The average molecular weight is 483 g/mol. The van der Waals surface area contributed by atoms with Crippen LogP contribution in [0.1, 0.15) is 30.7 Å². The Balaban J connectivity index is 1.60. The van der Waals surface area contributed by atoms with E-state index in [-0.39, 0.29) is 5.91 Å². The maximum absolute atomic E-state index is 12.7. The largest absolute Gasteiger partial charge is 0.493 e. The summed E-state index contributed by atoms with van der Waals surface area (Å²) < 4.78 is 12.1. The molecule has 0 aliphatic rings. The molecular weight excluding hydrogens is 456 g/mol. The number of amides is 1. The summed E-state index contributed by atoms with van der Waals surface area (Å²) in [5.74, 6) is 0.505. The SMILES string of the molecule is CCOc1c(/C(C)=C/C(=O)Nc2nc(C)cs2)cc2c(-c3ccc4ccccc4c3)coc2c1C. The number of fused-ring (bicyclic) bond motifs is 2. The molecule has 0 aliphatic carbocycles. The third-order valence-corrected chi connectivity index (χ3v) is 6.89. The summed E-state index contributed by atoms with van der Waals surface area (Å²) in [6, 6.07) is 16.8. The predicted octanol–water partition coefficient (Wildman–Crippen LogP) is 7.77. The Morgan fingerprint density at radius 3 is 2.69 bits per heavy atom. The van der Waals surface area contributed by atoms with Gasteiger partial charge in [0.15, 0.2) is 5.13 Å². The Morgan fingerprint density at radius 1 is 1.14 bits per heavy atom. The quantitative estimate of drug-likeness (QED) is 0.251. The van der Waals surface area contributed by atoms with E-state index in [4.69, 9.17) is 9.15 Å². The zero-order valence-corrected chi connectivity index (χ0v) is 21.0. The fraction of sp³-hybridized carbons (Fsp3) is 0.172. The Bertz CT molecular complexity index is 1590. The number of anilines is 1. The maximum Gasteiger partial charge on any atom is 0.250 e. The molecule has 176 valence electrons. The minimum atomic E-state index is -0.223. The number of aromatic nitrogens is 1. The Hall–Kier alpha value is -3.90. The molecule has 1 amide bonds. The van der Waals surface area contributed by atoms with Gasteiger partial charge in [0.2, 0.25) is 5.91 Å². The van der Waals surface area contributed by atoms with Crippen molar-refractivity contribution in [3.63, 3.8) is 0 Å². The van der Waals surface area contributed by atoms with E-state index in [0.717, 1.165) is 50.2 Å². The number of hydrogen-bond acceptors (Lipinski definition) is 5. The summed E-state index contributed by atoms with van der Waals surface area (Å²) in [5, 5.41) is 8.69. The first-order valence-corrected chi connectivity index (χ1v) is 12.4. The number of rotatable bonds is 6. The van der Waals surface area contributed by atoms with Crippen LogP contribution in [0.5, 0.6) is 5.75 Å². The van der Waals surface area contributed by atoms with E-state index >= 15 is 0 Å². The highest BCUT2D eigenvalue weighted by molar-refractivity contribution is 7.13. The van der Waals surface area contributed by atoms with Gasteiger partial charge in [-0.25, -0.2) is 4.98 Å². The van der Waals surface area contributed by atoms with Crippen LogP contribution in [-0.2, 0) is 4.79 Å². The second-order valence-electron chi connectivity index (χ2n) is 8.51. The zero-order valence-electron chi connectivity index (χ0n) is 20.1. The number of benzene rings is 3. The van der Waals surface area contributed by atoms with Gasteiger partial charge in [0, 0.05) is 33.5 Å². The lowest BCUT2D eigenvalue weighted by Crippen LogP contribution is -2.08. The van der Waals surface area contributed by atoms with Gasteiger partial charge in [-0.05, 0) is 61.7 Å². The van der Waals surface area contributed by atoms with Crippen molar-refractivity contribution >= 4 is 49.7 Å². The minimum Gasteiger partial charge on any atom is -0.493 e. The normalized spacial score (nSPS) is 11.8. The number of hydrogen-bond donors (Lipinski definition) is 1. The number of nitrogens with zero attached hydrogens (tertiary/aromatic N) is 1. The van der Waals surface area contributed by atoms with Gasteiger partial charge in [-0.15, -0.1) is 11.3 Å². The van der Waals surface area contributed by atoms with Crippen molar-refractivity contribution < 1.29 is 13.9 Å². The van der Waals surface area contributed by atoms with Gasteiger partial charge in [0.25, 0.3) is 0 Å². The number of allylic oxidation sites excluding steroid dienone is 1. The fourth-order valence-electron chi connectivity index (χ4n) is 4.35. The molecule has 0 unspecified atom stereocenters. The standard InChI is InChI=1S/C29H26N2O3S/c1-5-33-27-19(4)28-24(14-23(27)17(2)12-26(32)31-29-30-18(3)16-35-29)25(15-34-28)22-11-10-20-8-6-7-9-21(20)13-22/h6-16H,5H2,1-4H3,(H,30,31,32)/b17-12+. The van der Waals surface area contributed by atoms with Crippen molar-refractivity contribution in [1.29, 1.82) is 0 Å². The highest BCUT2D eigenvalue weighted by atomic mass is 32.1. The second-order valence-corrected chi connectivity index (χ2v) is 9.37. The summed E-state index contributed by atoms with van der Waals surface area (Å²) in [4.78, 5) is 17.0. The maximum atomic E-state index is 12.7. The van der Waals surface area contributed by atoms with E-state index in [1.165, 1.54) is 22.1 Å². The van der Waals surface area contributed by atoms with Gasteiger partial charge >= 0.3 is 0 Å². The monoisotopic (exact) mass is 482 g/mol. The van der Waals surface area contributed by atoms with Gasteiger partial charge < -0.3 is 9.15 Å². The number of nitrogens with one attached hydrogen (secondary N) is 1. The average Bonchev–Trinajstić information content (AvgIpc) is 3.46. The smallest absolute Gasteiger partial charge is 0.250 e. The molecular formula is C29H26N2O3S. The highest BCUT2D eigenvalue weighted by Gasteiger charge is 2.19. The Kier molecular flexibility index (Phi) is 6.14. The first-order chi connectivity index (χ1) is 16.9. The second kappa shape index (κ2) is 9.39. The van der Waals surface area contributed by atoms with E-state index in [9.17, 15) is 4.79 Å². The van der Waals surface area contributed by atoms with Crippen molar-refractivity contribution in [2.24, 2.45) is 0 Å². The van der Waals surface area contributed by atoms with Crippen molar-refractivity contribution in [2.45, 2.75) is 27.7 Å². The number of carbonyl (C=O) groups is 1. The van der Waals surface area contributed by atoms with Gasteiger partial charge in [-0.3, -0.25) is 10.1 Å². The van der Waals surface area contributed by atoms with Crippen LogP contribution in [0.2, 0.25) is 0 Å². The van der Waals surface area contributed by atoms with Crippen LogP contribution in [-0.4, -0.2) is 17.5 Å². The Labute approximate surface area is 208 Å². The predicted molar refractivity (Wildman–Crippen MR) is 144 cm³/mol. The molecule has 0 saturated heterocycles. The molecule has 35 heavy (non-hydrogen) atoms. The van der Waals surface area contributed by atoms with Crippen LogP contribution in [0.15, 0.2) is 70.7 Å². The van der Waals surface area contributed by atoms with Crippen LogP contribution in [0.4, 0.5) is 5.13 Å². The lowest BCUT2D eigenvalue weighted by Gasteiger charge is -2.15. The zero-order chi connectivity index (χ0) is 24.5. The van der Waals surface area contributed by atoms with E-state index in [1.807, 2.05) is 45.2 Å². The van der Waals surface area contributed by atoms with Gasteiger partial charge in [-0.1, -0.05) is 36.4 Å². The molecule has 6 heteroatoms. The summed E-state index contributed by atoms with van der Waals surface area (Å²) >= 11 is 1.41. The van der Waals surface area contributed by atoms with Crippen LogP contribution >= 0.6 is 11.3 Å². The third-order valence-electron chi connectivity index (χ3n) is 6.01. The number of furan rings is 1. The fourth-order valence-corrected chi connectivity index (χ4v) is 5.04. The molecule has 0 fully saturated rings. The first-order valence-electron chi connectivity index (χ1n) is 11.5. The number of carbonyl (C=O) groups excluding carboxylic acids is 1. The molecule has 5 nitrogen and oxygen atoms in total. The van der Waals surface area contributed by atoms with Gasteiger partial charge in [-0.2, -0.15) is 0 Å². The Morgan fingerprint density at radius 2 is 1.94 bits per heavy atom.